The minimum atomic E-state index is -0.689. The lowest BCUT2D eigenvalue weighted by Gasteiger charge is -2.07. The molecule has 0 aliphatic rings. The largest absolute Gasteiger partial charge is 0.508 e. The molecule has 0 radical (unpaired) electrons. The Bertz CT molecular complexity index is 700. The molecule has 7 heteroatoms. The molecule has 2 aromatic rings. The number of hydrogen-bond acceptors (Lipinski definition) is 5. The molecule has 0 aromatic heterocycles. The Morgan fingerprint density at radius 1 is 1.29 bits per heavy atom. The molecule has 0 atom stereocenters. The van der Waals surface area contributed by atoms with Crippen molar-refractivity contribution in [2.24, 2.45) is 0 Å². The highest BCUT2D eigenvalue weighted by Gasteiger charge is 2.20. The van der Waals surface area contributed by atoms with Gasteiger partial charge in [0.25, 0.3) is 11.6 Å². The third-order valence-electron chi connectivity index (χ3n) is 2.75. The van der Waals surface area contributed by atoms with E-state index >= 15 is 0 Å². The second kappa shape index (κ2) is 5.91. The number of nitro benzene ring substituents is 1. The summed E-state index contributed by atoms with van der Waals surface area (Å²) in [5, 5.41) is 22.8. The van der Waals surface area contributed by atoms with Gasteiger partial charge in [0.2, 0.25) is 0 Å². The molecular formula is C14H12N2O5. The fourth-order valence-corrected chi connectivity index (χ4v) is 1.76. The minimum Gasteiger partial charge on any atom is -0.508 e. The molecule has 0 bridgehead atoms. The molecule has 2 aromatic carbocycles. The molecule has 0 saturated carbocycles. The van der Waals surface area contributed by atoms with E-state index in [0.717, 1.165) is 18.2 Å². The molecule has 0 saturated heterocycles. The van der Waals surface area contributed by atoms with E-state index in [1.807, 2.05) is 0 Å². The van der Waals surface area contributed by atoms with E-state index in [-0.39, 0.29) is 17.0 Å². The van der Waals surface area contributed by atoms with Gasteiger partial charge in [0.15, 0.2) is 0 Å². The van der Waals surface area contributed by atoms with Gasteiger partial charge in [-0.2, -0.15) is 0 Å². The number of nitrogens with zero attached hydrogens (tertiary/aromatic N) is 1. The van der Waals surface area contributed by atoms with Crippen LogP contribution in [-0.2, 0) is 0 Å². The molecule has 0 aliphatic carbocycles. The van der Waals surface area contributed by atoms with Crippen molar-refractivity contribution in [1.82, 2.24) is 0 Å². The maximum Gasteiger partial charge on any atom is 0.282 e. The molecule has 0 unspecified atom stereocenters. The van der Waals surface area contributed by atoms with Crippen LogP contribution in [-0.4, -0.2) is 23.0 Å². The number of phenols is 1. The lowest BCUT2D eigenvalue weighted by Crippen LogP contribution is -2.13. The second-order valence-corrected chi connectivity index (χ2v) is 4.14. The van der Waals surface area contributed by atoms with Gasteiger partial charge in [-0.05, 0) is 24.3 Å². The summed E-state index contributed by atoms with van der Waals surface area (Å²) < 4.78 is 5.02. The van der Waals surface area contributed by atoms with Crippen LogP contribution in [0, 0.1) is 10.1 Å². The van der Waals surface area contributed by atoms with Crippen molar-refractivity contribution in [3.05, 3.63) is 58.1 Å². The fraction of sp³-hybridized carbons (Fsp3) is 0.0714. The number of carbonyl (C=O) groups excluding carboxylic acids is 1. The van der Waals surface area contributed by atoms with Crippen molar-refractivity contribution in [1.29, 1.82) is 0 Å². The summed E-state index contributed by atoms with van der Waals surface area (Å²) in [6.07, 6.45) is 0. The summed E-state index contributed by atoms with van der Waals surface area (Å²) in [6.45, 7) is 0. The molecule has 0 heterocycles. The van der Waals surface area contributed by atoms with Gasteiger partial charge in [-0.3, -0.25) is 14.9 Å². The van der Waals surface area contributed by atoms with Gasteiger partial charge in [-0.1, -0.05) is 6.07 Å². The summed E-state index contributed by atoms with van der Waals surface area (Å²) in [5.41, 5.74) is -0.173. The van der Waals surface area contributed by atoms with E-state index in [1.54, 1.807) is 24.3 Å². The summed E-state index contributed by atoms with van der Waals surface area (Å²) in [5.74, 6) is -0.375. The predicted molar refractivity (Wildman–Crippen MR) is 75.7 cm³/mol. The van der Waals surface area contributed by atoms with Gasteiger partial charge < -0.3 is 15.2 Å². The zero-order valence-electron chi connectivity index (χ0n) is 11.1. The third kappa shape index (κ3) is 3.27. The monoisotopic (exact) mass is 288 g/mol. The quantitative estimate of drug-likeness (QED) is 0.665. The standard InChI is InChI=1S/C14H12N2O5/c1-21-11-4-2-3-9(7-11)15-14(18)12-8-10(17)5-6-13(12)16(19)20/h2-8,17H,1H3,(H,15,18). The first-order valence-electron chi connectivity index (χ1n) is 5.94. The van der Waals surface area contributed by atoms with Crippen LogP contribution in [0.4, 0.5) is 11.4 Å². The topological polar surface area (TPSA) is 102 Å². The summed E-state index contributed by atoms with van der Waals surface area (Å²) in [6, 6.07) is 9.85. The average molecular weight is 288 g/mol. The number of benzene rings is 2. The van der Waals surface area contributed by atoms with Crippen LogP contribution in [0.5, 0.6) is 11.5 Å². The molecule has 1 amide bonds. The number of hydrogen-bond donors (Lipinski definition) is 2. The SMILES string of the molecule is COc1cccc(NC(=O)c2cc(O)ccc2[N+](=O)[O-])c1. The number of carbonyl (C=O) groups is 1. The van der Waals surface area contributed by atoms with Gasteiger partial charge in [0.05, 0.1) is 12.0 Å². The third-order valence-corrected chi connectivity index (χ3v) is 2.75. The Hall–Kier alpha value is -3.09. The Morgan fingerprint density at radius 2 is 2.05 bits per heavy atom. The van der Waals surface area contributed by atoms with Gasteiger partial charge >= 0.3 is 0 Å². The Balaban J connectivity index is 2.31. The van der Waals surface area contributed by atoms with Gasteiger partial charge in [-0.25, -0.2) is 0 Å². The van der Waals surface area contributed by atoms with Crippen molar-refractivity contribution in [3.8, 4) is 11.5 Å². The van der Waals surface area contributed by atoms with E-state index in [0.29, 0.717) is 11.4 Å². The molecule has 2 rings (SSSR count). The molecule has 7 nitrogen and oxygen atoms in total. The number of amides is 1. The predicted octanol–water partition coefficient (Wildman–Crippen LogP) is 2.56. The average Bonchev–Trinajstić information content (AvgIpc) is 2.47. The van der Waals surface area contributed by atoms with Crippen molar-refractivity contribution in [2.45, 2.75) is 0 Å². The van der Waals surface area contributed by atoms with Crippen molar-refractivity contribution < 1.29 is 19.6 Å². The zero-order chi connectivity index (χ0) is 15.4. The zero-order valence-corrected chi connectivity index (χ0v) is 11.1. The highest BCUT2D eigenvalue weighted by molar-refractivity contribution is 6.07. The Labute approximate surface area is 119 Å². The van der Waals surface area contributed by atoms with Crippen LogP contribution < -0.4 is 10.1 Å². The minimum absolute atomic E-state index is 0.220. The van der Waals surface area contributed by atoms with Crippen LogP contribution in [0.2, 0.25) is 0 Å². The van der Waals surface area contributed by atoms with Crippen LogP contribution >= 0.6 is 0 Å². The smallest absolute Gasteiger partial charge is 0.282 e. The van der Waals surface area contributed by atoms with E-state index in [1.165, 1.54) is 7.11 Å². The van der Waals surface area contributed by atoms with Gasteiger partial charge in [-0.15, -0.1) is 0 Å². The Morgan fingerprint density at radius 3 is 2.71 bits per heavy atom. The highest BCUT2D eigenvalue weighted by Crippen LogP contribution is 2.25. The number of nitro groups is 1. The van der Waals surface area contributed by atoms with Crippen molar-refractivity contribution in [3.63, 3.8) is 0 Å². The molecule has 108 valence electrons. The van der Waals surface area contributed by atoms with E-state index < -0.39 is 10.8 Å². The highest BCUT2D eigenvalue weighted by atomic mass is 16.6. The number of ether oxygens (including phenoxy) is 1. The molecule has 21 heavy (non-hydrogen) atoms. The summed E-state index contributed by atoms with van der Waals surface area (Å²) in [4.78, 5) is 22.4. The van der Waals surface area contributed by atoms with E-state index in [9.17, 15) is 20.0 Å². The van der Waals surface area contributed by atoms with Crippen molar-refractivity contribution >= 4 is 17.3 Å². The Kier molecular flexibility index (Phi) is 4.03. The number of anilines is 1. The first-order chi connectivity index (χ1) is 10.0. The number of methoxy groups -OCH3 is 1. The van der Waals surface area contributed by atoms with Crippen LogP contribution in [0.25, 0.3) is 0 Å². The first-order valence-corrected chi connectivity index (χ1v) is 5.94. The molecule has 0 aliphatic heterocycles. The second-order valence-electron chi connectivity index (χ2n) is 4.14. The molecule has 2 N–H and O–H groups in total. The van der Waals surface area contributed by atoms with Crippen molar-refractivity contribution in [2.75, 3.05) is 12.4 Å². The number of nitrogens with one attached hydrogen (secondary N) is 1. The number of rotatable bonds is 4. The van der Waals surface area contributed by atoms with Crippen LogP contribution in [0.3, 0.4) is 0 Å². The maximum absolute atomic E-state index is 12.1. The fourth-order valence-electron chi connectivity index (χ4n) is 1.76. The number of aromatic hydroxyl groups is 1. The van der Waals surface area contributed by atoms with E-state index in [4.69, 9.17) is 4.74 Å². The summed E-state index contributed by atoms with van der Waals surface area (Å²) >= 11 is 0. The molecule has 0 spiro atoms. The first kappa shape index (κ1) is 14.3. The van der Waals surface area contributed by atoms with Gasteiger partial charge in [0.1, 0.15) is 17.1 Å². The number of phenolic OH excluding ortho intramolecular Hbond substituents is 1. The molecule has 0 fully saturated rings. The van der Waals surface area contributed by atoms with Crippen LogP contribution in [0.15, 0.2) is 42.5 Å². The maximum atomic E-state index is 12.1. The van der Waals surface area contributed by atoms with Gasteiger partial charge in [0, 0.05) is 17.8 Å². The lowest BCUT2D eigenvalue weighted by molar-refractivity contribution is -0.385. The lowest BCUT2D eigenvalue weighted by atomic mass is 10.1. The molecular weight excluding hydrogens is 276 g/mol. The van der Waals surface area contributed by atoms with Crippen LogP contribution in [0.1, 0.15) is 10.4 Å². The summed E-state index contributed by atoms with van der Waals surface area (Å²) in [7, 11) is 1.49. The van der Waals surface area contributed by atoms with E-state index in [2.05, 4.69) is 5.32 Å². The normalized spacial score (nSPS) is 9.95.